The summed E-state index contributed by atoms with van der Waals surface area (Å²) in [6.45, 7) is 4.98. The van der Waals surface area contributed by atoms with E-state index in [2.05, 4.69) is 11.9 Å². The van der Waals surface area contributed by atoms with E-state index in [1.807, 2.05) is 40.7 Å². The first kappa shape index (κ1) is 16.3. The van der Waals surface area contributed by atoms with E-state index < -0.39 is 0 Å². The minimum Gasteiger partial charge on any atom is -0.339 e. The number of pyridine rings is 1. The number of hydrogen-bond donors (Lipinski definition) is 0. The Morgan fingerprint density at radius 3 is 2.76 bits per heavy atom. The molecule has 25 heavy (non-hydrogen) atoms. The highest BCUT2D eigenvalue weighted by Gasteiger charge is 2.34. The Morgan fingerprint density at radius 2 is 1.96 bits per heavy atom. The minimum atomic E-state index is 0.0197. The van der Waals surface area contributed by atoms with Gasteiger partial charge in [0.2, 0.25) is 5.91 Å². The van der Waals surface area contributed by atoms with Crippen LogP contribution in [-0.4, -0.2) is 53.0 Å². The van der Waals surface area contributed by atoms with Crippen LogP contribution in [0.3, 0.4) is 0 Å². The highest BCUT2D eigenvalue weighted by atomic mass is 16.2. The standard InChI is InChI=1S/C20H25N3O2/c1-14-9-19(24)17-5-3-4-6-18(17)23(14)13-20(25)22-11-15-7-8-16(12-22)21(2)10-15/h3-6,9,15-16H,7-8,10-13H2,1-2H3/t15-,16-/m0/s1. The maximum atomic E-state index is 13.0. The topological polar surface area (TPSA) is 45.6 Å². The van der Waals surface area contributed by atoms with Crippen LogP contribution in [0.4, 0.5) is 0 Å². The summed E-state index contributed by atoms with van der Waals surface area (Å²) in [4.78, 5) is 29.7. The number of rotatable bonds is 2. The van der Waals surface area contributed by atoms with Gasteiger partial charge in [0.25, 0.3) is 0 Å². The van der Waals surface area contributed by atoms with Crippen LogP contribution in [0, 0.1) is 12.8 Å². The van der Waals surface area contributed by atoms with E-state index in [9.17, 15) is 9.59 Å². The molecule has 1 aromatic carbocycles. The van der Waals surface area contributed by atoms with Crippen LogP contribution in [0.1, 0.15) is 18.5 Å². The second-order valence-corrected chi connectivity index (χ2v) is 7.59. The lowest BCUT2D eigenvalue weighted by Gasteiger charge is -2.32. The molecule has 0 aliphatic carbocycles. The molecule has 132 valence electrons. The second-order valence-electron chi connectivity index (χ2n) is 7.59. The van der Waals surface area contributed by atoms with Gasteiger partial charge in [-0.2, -0.15) is 0 Å². The van der Waals surface area contributed by atoms with Crippen LogP contribution in [0.5, 0.6) is 0 Å². The van der Waals surface area contributed by atoms with E-state index in [0.717, 1.165) is 30.8 Å². The summed E-state index contributed by atoms with van der Waals surface area (Å²) in [7, 11) is 2.17. The lowest BCUT2D eigenvalue weighted by Crippen LogP contribution is -2.42. The van der Waals surface area contributed by atoms with Crippen LogP contribution in [-0.2, 0) is 11.3 Å². The first-order chi connectivity index (χ1) is 12.0. The number of carbonyl (C=O) groups excluding carboxylic acids is 1. The number of hydrogen-bond acceptors (Lipinski definition) is 3. The molecule has 2 atom stereocenters. The van der Waals surface area contributed by atoms with Crippen LogP contribution in [0.15, 0.2) is 35.1 Å². The number of para-hydroxylation sites is 1. The third-order valence-electron chi connectivity index (χ3n) is 5.86. The number of carbonyl (C=O) groups is 1. The molecular formula is C20H25N3O2. The van der Waals surface area contributed by atoms with Crippen LogP contribution in [0.25, 0.3) is 10.9 Å². The number of piperidine rings is 1. The SMILES string of the molecule is Cc1cc(=O)c2ccccc2n1CC(=O)N1C[C@H]2CC[C@@H](C1)N(C)C2. The van der Waals surface area contributed by atoms with E-state index in [0.29, 0.717) is 23.9 Å². The zero-order valence-corrected chi connectivity index (χ0v) is 14.9. The molecule has 5 rings (SSSR count). The van der Waals surface area contributed by atoms with Crippen LogP contribution >= 0.6 is 0 Å². The van der Waals surface area contributed by atoms with Crippen molar-refractivity contribution in [3.05, 3.63) is 46.2 Å². The number of amides is 1. The molecule has 2 bridgehead atoms. The molecule has 0 N–H and O–H groups in total. The quantitative estimate of drug-likeness (QED) is 0.839. The molecule has 2 aromatic rings. The summed E-state index contributed by atoms with van der Waals surface area (Å²) in [5.74, 6) is 0.740. The molecule has 5 heteroatoms. The first-order valence-electron chi connectivity index (χ1n) is 9.10. The normalized spacial score (nSPS) is 23.8. The summed E-state index contributed by atoms with van der Waals surface area (Å²) < 4.78 is 1.98. The Kier molecular flexibility index (Phi) is 4.12. The smallest absolute Gasteiger partial charge is 0.242 e. The van der Waals surface area contributed by atoms with Gasteiger partial charge in [0.15, 0.2) is 5.43 Å². The summed E-state index contributed by atoms with van der Waals surface area (Å²) >= 11 is 0. The Balaban J connectivity index is 1.63. The van der Waals surface area contributed by atoms with E-state index in [-0.39, 0.29) is 11.3 Å². The third kappa shape index (κ3) is 2.97. The third-order valence-corrected chi connectivity index (χ3v) is 5.86. The first-order valence-corrected chi connectivity index (χ1v) is 9.10. The molecule has 0 saturated carbocycles. The van der Waals surface area contributed by atoms with E-state index in [1.165, 1.54) is 12.8 Å². The van der Waals surface area contributed by atoms with Crippen molar-refractivity contribution >= 4 is 16.8 Å². The number of nitrogens with zero attached hydrogens (tertiary/aromatic N) is 3. The number of likely N-dealkylation sites (N-methyl/N-ethyl adjacent to an activating group) is 1. The van der Waals surface area contributed by atoms with Gasteiger partial charge in [-0.15, -0.1) is 0 Å². The molecule has 3 aliphatic heterocycles. The Hall–Kier alpha value is -2.14. The average Bonchev–Trinajstić information content (AvgIpc) is 2.90. The van der Waals surface area contributed by atoms with Crippen molar-refractivity contribution in [1.29, 1.82) is 0 Å². The highest BCUT2D eigenvalue weighted by molar-refractivity contribution is 5.82. The van der Waals surface area contributed by atoms with E-state index in [1.54, 1.807) is 6.07 Å². The molecule has 0 spiro atoms. The van der Waals surface area contributed by atoms with Gasteiger partial charge in [-0.1, -0.05) is 12.1 Å². The van der Waals surface area contributed by atoms with Gasteiger partial charge in [0.1, 0.15) is 6.54 Å². The van der Waals surface area contributed by atoms with Crippen molar-refractivity contribution in [2.75, 3.05) is 26.7 Å². The van der Waals surface area contributed by atoms with Gasteiger partial charge >= 0.3 is 0 Å². The van der Waals surface area contributed by atoms with Crippen molar-refractivity contribution in [1.82, 2.24) is 14.4 Å². The van der Waals surface area contributed by atoms with Crippen molar-refractivity contribution in [3.8, 4) is 0 Å². The summed E-state index contributed by atoms with van der Waals surface area (Å²) in [6.07, 6.45) is 2.41. The maximum absolute atomic E-state index is 13.0. The number of fused-ring (bicyclic) bond motifs is 5. The van der Waals surface area contributed by atoms with Gasteiger partial charge < -0.3 is 14.4 Å². The Morgan fingerprint density at radius 1 is 1.16 bits per heavy atom. The van der Waals surface area contributed by atoms with Gasteiger partial charge in [-0.05, 0) is 44.9 Å². The Labute approximate surface area is 147 Å². The summed E-state index contributed by atoms with van der Waals surface area (Å²) in [5, 5.41) is 0.677. The van der Waals surface area contributed by atoms with Crippen molar-refractivity contribution < 1.29 is 4.79 Å². The average molecular weight is 339 g/mol. The fourth-order valence-electron chi connectivity index (χ4n) is 4.42. The molecule has 3 aliphatic rings. The predicted octanol–water partition coefficient (Wildman–Crippen LogP) is 1.86. The van der Waals surface area contributed by atoms with Gasteiger partial charge in [-0.3, -0.25) is 9.59 Å². The molecule has 0 radical (unpaired) electrons. The molecule has 5 nitrogen and oxygen atoms in total. The van der Waals surface area contributed by atoms with Crippen molar-refractivity contribution in [2.24, 2.45) is 5.92 Å². The highest BCUT2D eigenvalue weighted by Crippen LogP contribution is 2.27. The molecular weight excluding hydrogens is 314 g/mol. The molecule has 0 unspecified atom stereocenters. The van der Waals surface area contributed by atoms with Crippen LogP contribution < -0.4 is 5.43 Å². The molecule has 1 amide bonds. The predicted molar refractivity (Wildman–Crippen MR) is 98.7 cm³/mol. The largest absolute Gasteiger partial charge is 0.339 e. The zero-order chi connectivity index (χ0) is 17.6. The lowest BCUT2D eigenvalue weighted by atomic mass is 9.96. The molecule has 3 saturated heterocycles. The van der Waals surface area contributed by atoms with E-state index in [4.69, 9.17) is 0 Å². The van der Waals surface area contributed by atoms with Crippen molar-refractivity contribution in [3.63, 3.8) is 0 Å². The van der Waals surface area contributed by atoms with Gasteiger partial charge in [0.05, 0.1) is 5.52 Å². The summed E-state index contributed by atoms with van der Waals surface area (Å²) in [5.41, 5.74) is 1.70. The van der Waals surface area contributed by atoms with Gasteiger partial charge in [0, 0.05) is 42.8 Å². The summed E-state index contributed by atoms with van der Waals surface area (Å²) in [6, 6.07) is 9.66. The van der Waals surface area contributed by atoms with Crippen molar-refractivity contribution in [2.45, 2.75) is 32.4 Å². The second kappa shape index (κ2) is 6.30. The van der Waals surface area contributed by atoms with Crippen LogP contribution in [0.2, 0.25) is 0 Å². The van der Waals surface area contributed by atoms with Gasteiger partial charge in [-0.25, -0.2) is 0 Å². The Bertz CT molecular complexity index is 873. The molecule has 1 aromatic heterocycles. The molecule has 4 heterocycles. The van der Waals surface area contributed by atoms with E-state index >= 15 is 0 Å². The lowest BCUT2D eigenvalue weighted by molar-refractivity contribution is -0.132. The fourth-order valence-corrected chi connectivity index (χ4v) is 4.42. The maximum Gasteiger partial charge on any atom is 0.242 e. The number of benzene rings is 1. The number of aromatic nitrogens is 1. The zero-order valence-electron chi connectivity index (χ0n) is 14.9. The molecule has 3 fully saturated rings. The monoisotopic (exact) mass is 339 g/mol. The minimum absolute atomic E-state index is 0.0197. The fraction of sp³-hybridized carbons (Fsp3) is 0.500. The number of aryl methyl sites for hydroxylation is 1.